The van der Waals surface area contributed by atoms with Crippen molar-refractivity contribution in [2.75, 3.05) is 26.2 Å². The highest BCUT2D eigenvalue weighted by Crippen LogP contribution is 2.42. The summed E-state index contributed by atoms with van der Waals surface area (Å²) in [6.07, 6.45) is -2.85. The molecule has 1 aromatic rings. The van der Waals surface area contributed by atoms with Crippen LogP contribution in [-0.2, 0) is 20.8 Å². The first kappa shape index (κ1) is 25.9. The van der Waals surface area contributed by atoms with Gasteiger partial charge in [0.15, 0.2) is 6.10 Å². The number of benzene rings is 1. The Kier molecular flexibility index (Phi) is 7.43. The molecule has 7 nitrogen and oxygen atoms in total. The Balaban J connectivity index is 1.38. The second-order valence-electron chi connectivity index (χ2n) is 9.74. The van der Waals surface area contributed by atoms with Gasteiger partial charge in [-0.05, 0) is 64.1 Å². The summed E-state index contributed by atoms with van der Waals surface area (Å²) in [4.78, 5) is 26.7. The van der Waals surface area contributed by atoms with Gasteiger partial charge in [0.2, 0.25) is 0 Å². The fraction of sp³-hybridized carbons (Fsp3) is 0.667. The third kappa shape index (κ3) is 5.97. The van der Waals surface area contributed by atoms with Gasteiger partial charge in [-0.1, -0.05) is 17.7 Å². The molecule has 1 amide bonds. The number of likely N-dealkylation sites (tertiary alicyclic amines) is 2. The van der Waals surface area contributed by atoms with Gasteiger partial charge in [0.05, 0.1) is 0 Å². The molecule has 4 rings (SSSR count). The molecule has 0 bridgehead atoms. The van der Waals surface area contributed by atoms with Gasteiger partial charge in [-0.25, -0.2) is 4.79 Å². The lowest BCUT2D eigenvalue weighted by atomic mass is 9.85. The van der Waals surface area contributed by atoms with Gasteiger partial charge >= 0.3 is 12.3 Å². The van der Waals surface area contributed by atoms with Crippen molar-refractivity contribution in [3.05, 3.63) is 28.8 Å². The van der Waals surface area contributed by atoms with E-state index in [9.17, 15) is 22.8 Å². The predicted octanol–water partition coefficient (Wildman–Crippen LogP) is 4.94. The highest BCUT2D eigenvalue weighted by Gasteiger charge is 2.47. The Morgan fingerprint density at radius 1 is 1.17 bits per heavy atom. The SMILES string of the molecule is CC(OC(=O)N1CCC2(CCCN2Cc2ccc(Cl)cc2OCC2(OC=O)CC2)CC1)C(F)(F)F. The van der Waals surface area contributed by atoms with Crippen LogP contribution in [-0.4, -0.2) is 72.0 Å². The predicted molar refractivity (Wildman–Crippen MR) is 121 cm³/mol. The monoisotopic (exact) mass is 518 g/mol. The number of halogens is 4. The van der Waals surface area contributed by atoms with E-state index >= 15 is 0 Å². The molecule has 3 fully saturated rings. The zero-order valence-corrected chi connectivity index (χ0v) is 20.4. The largest absolute Gasteiger partial charge is 0.489 e. The van der Waals surface area contributed by atoms with Crippen LogP contribution in [0.1, 0.15) is 51.0 Å². The summed E-state index contributed by atoms with van der Waals surface area (Å²) >= 11 is 6.21. The Morgan fingerprint density at radius 3 is 2.51 bits per heavy atom. The molecule has 0 radical (unpaired) electrons. The second-order valence-corrected chi connectivity index (χ2v) is 10.2. The molecule has 1 aliphatic carbocycles. The lowest BCUT2D eigenvalue weighted by Crippen LogP contribution is -2.53. The molecule has 35 heavy (non-hydrogen) atoms. The van der Waals surface area contributed by atoms with E-state index in [1.165, 1.54) is 4.90 Å². The van der Waals surface area contributed by atoms with E-state index in [-0.39, 0.29) is 12.1 Å². The highest BCUT2D eigenvalue weighted by atomic mass is 35.5. The van der Waals surface area contributed by atoms with E-state index < -0.39 is 24.0 Å². The van der Waals surface area contributed by atoms with Crippen LogP contribution in [0.25, 0.3) is 0 Å². The average molecular weight is 519 g/mol. The van der Waals surface area contributed by atoms with Gasteiger partial charge in [-0.15, -0.1) is 0 Å². The van der Waals surface area contributed by atoms with Crippen molar-refractivity contribution < 1.29 is 37.0 Å². The number of alkyl halides is 3. The van der Waals surface area contributed by atoms with Crippen LogP contribution < -0.4 is 4.74 Å². The van der Waals surface area contributed by atoms with Crippen molar-refractivity contribution in [2.24, 2.45) is 0 Å². The van der Waals surface area contributed by atoms with Crippen molar-refractivity contribution in [3.8, 4) is 5.75 Å². The zero-order chi connectivity index (χ0) is 25.3. The molecule has 1 unspecified atom stereocenters. The number of piperidine rings is 1. The standard InChI is InChI=1S/C24H30ClF3N2O5/c1-17(24(26,27)28)35-21(32)29-11-8-22(9-12-29)5-2-10-30(22)14-18-3-4-19(25)13-20(18)33-15-23(6-7-23)34-16-31/h3-4,13,16-17H,2,5-12,14-15H2,1H3. The number of ether oxygens (including phenoxy) is 3. The maximum Gasteiger partial charge on any atom is 0.425 e. The molecule has 2 saturated heterocycles. The van der Waals surface area contributed by atoms with Gasteiger partial charge in [0.1, 0.15) is 18.0 Å². The van der Waals surface area contributed by atoms with Crippen LogP contribution in [0, 0.1) is 0 Å². The molecule has 2 aliphatic heterocycles. The summed E-state index contributed by atoms with van der Waals surface area (Å²) in [5, 5.41) is 0.543. The molecule has 1 aromatic carbocycles. The number of hydrogen-bond acceptors (Lipinski definition) is 6. The molecule has 194 valence electrons. The molecule has 2 heterocycles. The van der Waals surface area contributed by atoms with Gasteiger partial charge in [0, 0.05) is 35.8 Å². The van der Waals surface area contributed by atoms with Crippen LogP contribution in [0.5, 0.6) is 5.75 Å². The summed E-state index contributed by atoms with van der Waals surface area (Å²) in [5.74, 6) is 0.641. The molecule has 0 N–H and O–H groups in total. The van der Waals surface area contributed by atoms with Gasteiger partial charge in [0.25, 0.3) is 6.47 Å². The zero-order valence-electron chi connectivity index (χ0n) is 19.6. The van der Waals surface area contributed by atoms with Crippen LogP contribution in [0.15, 0.2) is 18.2 Å². The second kappa shape index (κ2) is 10.0. The van der Waals surface area contributed by atoms with Crippen LogP contribution in [0.2, 0.25) is 5.02 Å². The minimum Gasteiger partial charge on any atom is -0.489 e. The topological polar surface area (TPSA) is 68.3 Å². The summed E-state index contributed by atoms with van der Waals surface area (Å²) in [5.41, 5.74) is 0.265. The molecule has 3 aliphatic rings. The van der Waals surface area contributed by atoms with Crippen molar-refractivity contribution in [3.63, 3.8) is 0 Å². The maximum atomic E-state index is 12.8. The molecule has 11 heteroatoms. The summed E-state index contributed by atoms with van der Waals surface area (Å²) in [6, 6.07) is 5.49. The first-order valence-electron chi connectivity index (χ1n) is 11.9. The molecule has 1 saturated carbocycles. The molecular weight excluding hydrogens is 489 g/mol. The van der Waals surface area contributed by atoms with Crippen molar-refractivity contribution >= 4 is 24.2 Å². The summed E-state index contributed by atoms with van der Waals surface area (Å²) in [6.45, 7) is 3.72. The Labute approximate surface area is 207 Å². The van der Waals surface area contributed by atoms with E-state index in [1.807, 2.05) is 12.1 Å². The van der Waals surface area contributed by atoms with Crippen molar-refractivity contribution in [1.29, 1.82) is 0 Å². The number of nitrogens with zero attached hydrogens (tertiary/aromatic N) is 2. The Bertz CT molecular complexity index is 932. The smallest absolute Gasteiger partial charge is 0.425 e. The number of carbonyl (C=O) groups is 2. The van der Waals surface area contributed by atoms with Crippen LogP contribution in [0.4, 0.5) is 18.0 Å². The van der Waals surface area contributed by atoms with Gasteiger partial charge < -0.3 is 19.1 Å². The summed E-state index contributed by atoms with van der Waals surface area (Å²) in [7, 11) is 0. The third-order valence-corrected chi connectivity index (χ3v) is 7.65. The fourth-order valence-electron chi connectivity index (χ4n) is 4.95. The lowest BCUT2D eigenvalue weighted by molar-refractivity contribution is -0.200. The summed E-state index contributed by atoms with van der Waals surface area (Å²) < 4.78 is 54.1. The van der Waals surface area contributed by atoms with Gasteiger partial charge in [-0.2, -0.15) is 13.2 Å². The number of amides is 1. The van der Waals surface area contributed by atoms with E-state index in [2.05, 4.69) is 9.64 Å². The first-order valence-corrected chi connectivity index (χ1v) is 12.2. The van der Waals surface area contributed by atoms with Crippen molar-refractivity contribution in [1.82, 2.24) is 9.80 Å². The molecule has 1 atom stereocenters. The lowest BCUT2D eigenvalue weighted by Gasteiger charge is -2.45. The quantitative estimate of drug-likeness (QED) is 0.454. The van der Waals surface area contributed by atoms with E-state index in [4.69, 9.17) is 21.1 Å². The van der Waals surface area contributed by atoms with Gasteiger partial charge in [-0.3, -0.25) is 9.69 Å². The minimum absolute atomic E-state index is 0.137. The van der Waals surface area contributed by atoms with E-state index in [1.54, 1.807) is 6.07 Å². The molecule has 1 spiro atoms. The van der Waals surface area contributed by atoms with Crippen LogP contribution in [0.3, 0.4) is 0 Å². The average Bonchev–Trinajstić information content (AvgIpc) is 3.47. The van der Waals surface area contributed by atoms with E-state index in [0.717, 1.165) is 44.7 Å². The maximum absolute atomic E-state index is 12.8. The molecular formula is C24H30ClF3N2O5. The Hall–Kier alpha value is -2.20. The Morgan fingerprint density at radius 2 is 1.89 bits per heavy atom. The normalized spacial score (nSPS) is 22.0. The van der Waals surface area contributed by atoms with E-state index in [0.29, 0.717) is 49.7 Å². The number of rotatable bonds is 8. The fourth-order valence-corrected chi connectivity index (χ4v) is 5.11. The number of hydrogen-bond donors (Lipinski definition) is 0. The molecule has 0 aromatic heterocycles. The van der Waals surface area contributed by atoms with Crippen LogP contribution >= 0.6 is 11.6 Å². The minimum atomic E-state index is -4.58. The highest BCUT2D eigenvalue weighted by molar-refractivity contribution is 6.30. The van der Waals surface area contributed by atoms with Crippen molar-refractivity contribution in [2.45, 2.75) is 75.4 Å². The number of carbonyl (C=O) groups excluding carboxylic acids is 2. The first-order chi connectivity index (χ1) is 16.6. The third-order valence-electron chi connectivity index (χ3n) is 7.42.